The SMILES string of the molecule is CCC=CCCNC1CC1. The van der Waals surface area contributed by atoms with Crippen molar-refractivity contribution in [2.75, 3.05) is 6.54 Å². The first-order valence-corrected chi connectivity index (χ1v) is 4.32. The Hall–Kier alpha value is -0.300. The lowest BCUT2D eigenvalue weighted by Gasteiger charge is -1.96. The third-order valence-corrected chi connectivity index (χ3v) is 1.72. The minimum atomic E-state index is 0.870. The topological polar surface area (TPSA) is 12.0 Å². The van der Waals surface area contributed by atoms with Gasteiger partial charge in [0, 0.05) is 6.04 Å². The van der Waals surface area contributed by atoms with Crippen LogP contribution in [-0.4, -0.2) is 12.6 Å². The molecular weight excluding hydrogens is 122 g/mol. The first kappa shape index (κ1) is 7.80. The third-order valence-electron chi connectivity index (χ3n) is 1.72. The average Bonchev–Trinajstić information content (AvgIpc) is 2.71. The summed E-state index contributed by atoms with van der Waals surface area (Å²) in [6, 6.07) is 0.870. The highest BCUT2D eigenvalue weighted by molar-refractivity contribution is 4.84. The Balaban J connectivity index is 1.80. The van der Waals surface area contributed by atoms with Crippen LogP contribution in [0.5, 0.6) is 0 Å². The number of rotatable bonds is 5. The smallest absolute Gasteiger partial charge is 0.00683 e. The van der Waals surface area contributed by atoms with E-state index in [1.54, 1.807) is 0 Å². The minimum Gasteiger partial charge on any atom is -0.314 e. The van der Waals surface area contributed by atoms with Crippen LogP contribution in [0.1, 0.15) is 32.6 Å². The van der Waals surface area contributed by atoms with Crippen LogP contribution in [0.4, 0.5) is 0 Å². The summed E-state index contributed by atoms with van der Waals surface area (Å²) in [5.74, 6) is 0. The number of allylic oxidation sites excluding steroid dienone is 1. The molecule has 1 nitrogen and oxygen atoms in total. The first-order chi connectivity index (χ1) is 4.93. The first-order valence-electron chi connectivity index (χ1n) is 4.32. The summed E-state index contributed by atoms with van der Waals surface area (Å²) in [6.45, 7) is 3.34. The molecular formula is C9H17N. The van der Waals surface area contributed by atoms with E-state index in [0.717, 1.165) is 6.04 Å². The second-order valence-electron chi connectivity index (χ2n) is 2.90. The van der Waals surface area contributed by atoms with Gasteiger partial charge < -0.3 is 5.32 Å². The van der Waals surface area contributed by atoms with Crippen molar-refractivity contribution in [1.82, 2.24) is 5.32 Å². The highest BCUT2D eigenvalue weighted by Crippen LogP contribution is 2.18. The van der Waals surface area contributed by atoms with E-state index in [-0.39, 0.29) is 0 Å². The van der Waals surface area contributed by atoms with Crippen LogP contribution < -0.4 is 5.32 Å². The van der Waals surface area contributed by atoms with Gasteiger partial charge in [-0.1, -0.05) is 19.1 Å². The molecule has 0 aromatic rings. The highest BCUT2D eigenvalue weighted by Gasteiger charge is 2.18. The number of hydrogen-bond acceptors (Lipinski definition) is 1. The standard InChI is InChI=1S/C9H17N/c1-2-3-4-5-8-10-9-6-7-9/h3-4,9-10H,2,5-8H2,1H3. The van der Waals surface area contributed by atoms with Crippen molar-refractivity contribution in [1.29, 1.82) is 0 Å². The Bertz CT molecular complexity index is 103. The largest absolute Gasteiger partial charge is 0.314 e. The van der Waals surface area contributed by atoms with Gasteiger partial charge in [0.25, 0.3) is 0 Å². The Morgan fingerprint density at radius 3 is 2.80 bits per heavy atom. The van der Waals surface area contributed by atoms with Crippen molar-refractivity contribution in [2.24, 2.45) is 0 Å². The van der Waals surface area contributed by atoms with Gasteiger partial charge in [-0.05, 0) is 32.2 Å². The van der Waals surface area contributed by atoms with Crippen molar-refractivity contribution in [3.63, 3.8) is 0 Å². The molecule has 0 amide bonds. The van der Waals surface area contributed by atoms with Crippen molar-refractivity contribution in [3.05, 3.63) is 12.2 Å². The van der Waals surface area contributed by atoms with Gasteiger partial charge in [-0.15, -0.1) is 0 Å². The molecule has 0 bridgehead atoms. The maximum atomic E-state index is 3.46. The molecule has 1 aliphatic carbocycles. The summed E-state index contributed by atoms with van der Waals surface area (Å²) in [5, 5.41) is 3.46. The fourth-order valence-corrected chi connectivity index (χ4v) is 0.943. The molecule has 1 aliphatic rings. The molecule has 1 rings (SSSR count). The molecule has 0 spiro atoms. The van der Waals surface area contributed by atoms with Gasteiger partial charge in [0.05, 0.1) is 0 Å². The summed E-state index contributed by atoms with van der Waals surface area (Å²) in [5.41, 5.74) is 0. The van der Waals surface area contributed by atoms with Gasteiger partial charge in [0.1, 0.15) is 0 Å². The molecule has 1 fully saturated rings. The lowest BCUT2D eigenvalue weighted by molar-refractivity contribution is 0.690. The summed E-state index contributed by atoms with van der Waals surface area (Å²) < 4.78 is 0. The highest BCUT2D eigenvalue weighted by atomic mass is 14.9. The van der Waals surface area contributed by atoms with Gasteiger partial charge in [0.15, 0.2) is 0 Å². The van der Waals surface area contributed by atoms with E-state index in [2.05, 4.69) is 24.4 Å². The van der Waals surface area contributed by atoms with Crippen LogP contribution in [-0.2, 0) is 0 Å². The van der Waals surface area contributed by atoms with Gasteiger partial charge in [-0.3, -0.25) is 0 Å². The summed E-state index contributed by atoms with van der Waals surface area (Å²) in [4.78, 5) is 0. The zero-order valence-corrected chi connectivity index (χ0v) is 6.77. The van der Waals surface area contributed by atoms with Crippen LogP contribution in [0.25, 0.3) is 0 Å². The molecule has 0 atom stereocenters. The molecule has 0 aliphatic heterocycles. The van der Waals surface area contributed by atoms with Crippen LogP contribution in [0, 0.1) is 0 Å². The van der Waals surface area contributed by atoms with E-state index < -0.39 is 0 Å². The Morgan fingerprint density at radius 2 is 2.20 bits per heavy atom. The van der Waals surface area contributed by atoms with Crippen molar-refractivity contribution < 1.29 is 0 Å². The predicted octanol–water partition coefficient (Wildman–Crippen LogP) is 2.09. The zero-order chi connectivity index (χ0) is 7.23. The second-order valence-corrected chi connectivity index (χ2v) is 2.90. The fraction of sp³-hybridized carbons (Fsp3) is 0.778. The van der Waals surface area contributed by atoms with E-state index in [0.29, 0.717) is 0 Å². The molecule has 0 aromatic heterocycles. The second kappa shape index (κ2) is 4.51. The number of nitrogens with one attached hydrogen (secondary N) is 1. The predicted molar refractivity (Wildman–Crippen MR) is 45.1 cm³/mol. The van der Waals surface area contributed by atoms with Crippen LogP contribution in [0.2, 0.25) is 0 Å². The van der Waals surface area contributed by atoms with E-state index in [4.69, 9.17) is 0 Å². The summed E-state index contributed by atoms with van der Waals surface area (Å²) in [6.07, 6.45) is 9.66. The third kappa shape index (κ3) is 3.67. The molecule has 0 aromatic carbocycles. The molecule has 0 heterocycles. The van der Waals surface area contributed by atoms with Gasteiger partial charge in [-0.25, -0.2) is 0 Å². The van der Waals surface area contributed by atoms with Gasteiger partial charge >= 0.3 is 0 Å². The number of hydrogen-bond donors (Lipinski definition) is 1. The zero-order valence-electron chi connectivity index (χ0n) is 6.77. The van der Waals surface area contributed by atoms with Gasteiger partial charge in [-0.2, -0.15) is 0 Å². The Kier molecular flexibility index (Phi) is 3.52. The van der Waals surface area contributed by atoms with Gasteiger partial charge in [0.2, 0.25) is 0 Å². The Labute approximate surface area is 63.5 Å². The van der Waals surface area contributed by atoms with E-state index in [1.807, 2.05) is 0 Å². The lowest BCUT2D eigenvalue weighted by atomic mass is 10.3. The summed E-state index contributed by atoms with van der Waals surface area (Å²) in [7, 11) is 0. The maximum Gasteiger partial charge on any atom is 0.00683 e. The Morgan fingerprint density at radius 1 is 1.40 bits per heavy atom. The van der Waals surface area contributed by atoms with E-state index in [9.17, 15) is 0 Å². The molecule has 10 heavy (non-hydrogen) atoms. The molecule has 0 radical (unpaired) electrons. The summed E-state index contributed by atoms with van der Waals surface area (Å²) >= 11 is 0. The van der Waals surface area contributed by atoms with E-state index in [1.165, 1.54) is 32.2 Å². The monoisotopic (exact) mass is 139 g/mol. The fourth-order valence-electron chi connectivity index (χ4n) is 0.943. The molecule has 1 saturated carbocycles. The molecule has 58 valence electrons. The normalized spacial score (nSPS) is 18.5. The molecule has 0 unspecified atom stereocenters. The lowest BCUT2D eigenvalue weighted by Crippen LogP contribution is -2.16. The van der Waals surface area contributed by atoms with Crippen molar-refractivity contribution in [3.8, 4) is 0 Å². The van der Waals surface area contributed by atoms with Crippen LogP contribution in [0.15, 0.2) is 12.2 Å². The van der Waals surface area contributed by atoms with Crippen molar-refractivity contribution in [2.45, 2.75) is 38.6 Å². The molecule has 1 N–H and O–H groups in total. The van der Waals surface area contributed by atoms with Crippen LogP contribution in [0.3, 0.4) is 0 Å². The molecule has 1 heteroatoms. The quantitative estimate of drug-likeness (QED) is 0.454. The maximum absolute atomic E-state index is 3.46. The minimum absolute atomic E-state index is 0.870. The van der Waals surface area contributed by atoms with Crippen molar-refractivity contribution >= 4 is 0 Å². The average molecular weight is 139 g/mol. The molecule has 0 saturated heterocycles. The van der Waals surface area contributed by atoms with Crippen LogP contribution >= 0.6 is 0 Å². The van der Waals surface area contributed by atoms with E-state index >= 15 is 0 Å².